The van der Waals surface area contributed by atoms with Gasteiger partial charge in [0.15, 0.2) is 0 Å². The van der Waals surface area contributed by atoms with E-state index in [1.54, 1.807) is 0 Å². The zero-order valence-electron chi connectivity index (χ0n) is 10.4. The van der Waals surface area contributed by atoms with Gasteiger partial charge in [-0.15, -0.1) is 6.42 Å². The molecule has 0 heterocycles. The Morgan fingerprint density at radius 2 is 1.15 bits per heavy atom. The fraction of sp³-hybridized carbons (Fsp3) is 0.0833. The van der Waals surface area contributed by atoms with Gasteiger partial charge in [0.2, 0.25) is 0 Å². The monoisotopic (exact) mass is 260 g/mol. The molecule has 0 bridgehead atoms. The van der Waals surface area contributed by atoms with Gasteiger partial charge in [-0.05, 0) is 0 Å². The zero-order chi connectivity index (χ0) is 3.54. The molecule has 1 aliphatic rings. The molecule has 0 N–H and O–H groups in total. The SMILES string of the molecule is [C-]1=CC=CC1.[CH3-].[CH3-].[CH3-].[CH3-].[CH3-].[CH3-].[CH3-].[Zr]. The van der Waals surface area contributed by atoms with Crippen LogP contribution < -0.4 is 0 Å². The van der Waals surface area contributed by atoms with Crippen molar-refractivity contribution in [1.82, 2.24) is 0 Å². The molecule has 0 fully saturated rings. The van der Waals surface area contributed by atoms with E-state index in [4.69, 9.17) is 0 Å². The molecule has 0 aromatic heterocycles. The molecule has 0 aromatic carbocycles. The average Bonchev–Trinajstić information content (AvgIpc) is 1.76. The fourth-order valence-electron chi connectivity index (χ4n) is 0.340. The minimum atomic E-state index is 0. The summed E-state index contributed by atoms with van der Waals surface area (Å²) in [6.07, 6.45) is 10.0. The smallest absolute Gasteiger partial charge is 0 e. The molecule has 0 aromatic rings. The van der Waals surface area contributed by atoms with Crippen LogP contribution >= 0.6 is 0 Å². The number of allylic oxidation sites excluding steroid dienone is 4. The first-order valence-corrected chi connectivity index (χ1v) is 1.72. The Kier molecular flexibility index (Phi) is 303. The van der Waals surface area contributed by atoms with Crippen LogP contribution in [0.4, 0.5) is 0 Å². The molecule has 0 saturated heterocycles. The third kappa shape index (κ3) is 46.2. The van der Waals surface area contributed by atoms with Gasteiger partial charge >= 0.3 is 0 Å². The van der Waals surface area contributed by atoms with Crippen LogP contribution in [0.2, 0.25) is 0 Å². The van der Waals surface area contributed by atoms with Crippen molar-refractivity contribution in [1.29, 1.82) is 0 Å². The topological polar surface area (TPSA) is 0 Å². The summed E-state index contributed by atoms with van der Waals surface area (Å²) >= 11 is 0. The van der Waals surface area contributed by atoms with E-state index in [-0.39, 0.29) is 78.2 Å². The second-order valence-corrected chi connectivity index (χ2v) is 1.00. The summed E-state index contributed by atoms with van der Waals surface area (Å²) in [5.74, 6) is 0. The van der Waals surface area contributed by atoms with E-state index >= 15 is 0 Å². The Morgan fingerprint density at radius 3 is 1.23 bits per heavy atom. The standard InChI is InChI=1S/C5H5.7CH3.Zr/c1-2-4-5-3-1;;;;;;;;/h1-3H,4H2;7*1H3;/q8*-1;. The molecule has 0 aliphatic heterocycles. The molecule has 0 atom stereocenters. The molecule has 1 rings (SSSR count). The van der Waals surface area contributed by atoms with Crippen molar-refractivity contribution in [3.05, 3.63) is 76.3 Å². The van der Waals surface area contributed by atoms with E-state index in [2.05, 4.69) is 12.2 Å². The van der Waals surface area contributed by atoms with Gasteiger partial charge in [-0.25, -0.2) is 12.2 Å². The molecule has 0 unspecified atom stereocenters. The third-order valence-electron chi connectivity index (χ3n) is 0.586. The van der Waals surface area contributed by atoms with E-state index in [1.165, 1.54) is 0 Å². The predicted octanol–water partition coefficient (Wildman–Crippen LogP) is 4.46. The van der Waals surface area contributed by atoms with Gasteiger partial charge in [0.25, 0.3) is 0 Å². The molecule has 1 heteroatoms. The maximum atomic E-state index is 2.99. The summed E-state index contributed by atoms with van der Waals surface area (Å²) < 4.78 is 0. The van der Waals surface area contributed by atoms with Gasteiger partial charge < -0.3 is 52.0 Å². The van der Waals surface area contributed by atoms with E-state index in [9.17, 15) is 0 Å². The number of hydrogen-bond donors (Lipinski definition) is 0. The molecular formula is C12H26Zr-8. The first-order chi connectivity index (χ1) is 2.50. The minimum absolute atomic E-state index is 0. The van der Waals surface area contributed by atoms with Gasteiger partial charge in [-0.2, -0.15) is 6.08 Å². The zero-order valence-corrected chi connectivity index (χ0v) is 12.9. The molecule has 13 heavy (non-hydrogen) atoms. The molecule has 0 nitrogen and oxygen atoms in total. The third-order valence-corrected chi connectivity index (χ3v) is 0.586. The summed E-state index contributed by atoms with van der Waals surface area (Å²) in [7, 11) is 0. The van der Waals surface area contributed by atoms with Crippen LogP contribution in [0.15, 0.2) is 18.2 Å². The van der Waals surface area contributed by atoms with Crippen LogP contribution in [0.3, 0.4) is 0 Å². The Hall–Kier alpha value is 0.363. The van der Waals surface area contributed by atoms with Crippen molar-refractivity contribution >= 4 is 0 Å². The molecular weight excluding hydrogens is 235 g/mol. The molecule has 0 radical (unpaired) electrons. The number of hydrogen-bond acceptors (Lipinski definition) is 0. The van der Waals surface area contributed by atoms with Gasteiger partial charge in [0.1, 0.15) is 0 Å². The Balaban J connectivity index is -0.00000000521. The van der Waals surface area contributed by atoms with Crippen LogP contribution in [0, 0.1) is 58.1 Å². The van der Waals surface area contributed by atoms with Crippen LogP contribution in [0.5, 0.6) is 0 Å². The quantitative estimate of drug-likeness (QED) is 0.565. The normalized spacial score (nSPS) is 6.77. The maximum absolute atomic E-state index is 2.99. The fourth-order valence-corrected chi connectivity index (χ4v) is 0.340. The van der Waals surface area contributed by atoms with Crippen molar-refractivity contribution in [3.63, 3.8) is 0 Å². The molecule has 0 spiro atoms. The van der Waals surface area contributed by atoms with Gasteiger partial charge in [-0.3, -0.25) is 6.08 Å². The maximum Gasteiger partial charge on any atom is 0 e. The summed E-state index contributed by atoms with van der Waals surface area (Å²) in [6.45, 7) is 0. The first-order valence-electron chi connectivity index (χ1n) is 1.72. The van der Waals surface area contributed by atoms with Gasteiger partial charge in [0.05, 0.1) is 0 Å². The number of rotatable bonds is 0. The molecule has 0 saturated carbocycles. The largest absolute Gasteiger partial charge is 0.358 e. The van der Waals surface area contributed by atoms with Crippen LogP contribution in [0.25, 0.3) is 0 Å². The van der Waals surface area contributed by atoms with Gasteiger partial charge in [0, 0.05) is 26.2 Å². The second kappa shape index (κ2) is 55.5. The summed E-state index contributed by atoms with van der Waals surface area (Å²) in [5, 5.41) is 0. The van der Waals surface area contributed by atoms with Crippen molar-refractivity contribution < 1.29 is 26.2 Å². The van der Waals surface area contributed by atoms with Crippen molar-refractivity contribution in [2.24, 2.45) is 0 Å². The minimum Gasteiger partial charge on any atom is -0.358 e. The van der Waals surface area contributed by atoms with E-state index in [0.29, 0.717) is 0 Å². The first kappa shape index (κ1) is 71.0. The van der Waals surface area contributed by atoms with Crippen molar-refractivity contribution in [2.75, 3.05) is 0 Å². The van der Waals surface area contributed by atoms with Crippen LogP contribution in [0.1, 0.15) is 6.42 Å². The molecule has 86 valence electrons. The summed E-state index contributed by atoms with van der Waals surface area (Å²) in [5.41, 5.74) is 0. The Bertz CT molecular complexity index is 63.2. The molecule has 0 amide bonds. The van der Waals surface area contributed by atoms with Gasteiger partial charge in [-0.1, -0.05) is 0 Å². The van der Waals surface area contributed by atoms with Crippen molar-refractivity contribution in [3.8, 4) is 0 Å². The van der Waals surface area contributed by atoms with E-state index in [1.807, 2.05) is 12.2 Å². The van der Waals surface area contributed by atoms with Crippen LogP contribution in [-0.2, 0) is 26.2 Å². The predicted molar refractivity (Wildman–Crippen MR) is 66.5 cm³/mol. The summed E-state index contributed by atoms with van der Waals surface area (Å²) in [4.78, 5) is 0. The Morgan fingerprint density at radius 1 is 0.769 bits per heavy atom. The Labute approximate surface area is 109 Å². The van der Waals surface area contributed by atoms with E-state index < -0.39 is 0 Å². The van der Waals surface area contributed by atoms with E-state index in [0.717, 1.165) is 6.42 Å². The summed E-state index contributed by atoms with van der Waals surface area (Å²) in [6, 6.07) is 0. The van der Waals surface area contributed by atoms with Crippen molar-refractivity contribution in [2.45, 2.75) is 6.42 Å². The second-order valence-electron chi connectivity index (χ2n) is 1.00. The average molecular weight is 262 g/mol. The van der Waals surface area contributed by atoms with Crippen LogP contribution in [-0.4, -0.2) is 0 Å². The molecule has 1 aliphatic carbocycles.